The van der Waals surface area contributed by atoms with E-state index in [0.29, 0.717) is 130 Å². The zero-order valence-corrected chi connectivity index (χ0v) is 51.0. The third-order valence-electron chi connectivity index (χ3n) is 20.3. The van der Waals surface area contributed by atoms with Crippen LogP contribution < -0.4 is 20.9 Å². The van der Waals surface area contributed by atoms with Crippen LogP contribution >= 0.6 is 0 Å². The summed E-state index contributed by atoms with van der Waals surface area (Å²) in [5.41, 5.74) is 5.86. The van der Waals surface area contributed by atoms with E-state index in [0.717, 1.165) is 47.6 Å². The number of carbonyl (C=O) groups excluding carboxylic acids is 8. The summed E-state index contributed by atoms with van der Waals surface area (Å²) in [6.45, 7) is 14.7. The van der Waals surface area contributed by atoms with Crippen molar-refractivity contribution in [1.29, 1.82) is 0 Å². The first-order chi connectivity index (χ1) is 42.3. The van der Waals surface area contributed by atoms with Crippen molar-refractivity contribution in [3.8, 4) is 11.3 Å². The zero-order chi connectivity index (χ0) is 61.4. The van der Waals surface area contributed by atoms with Gasteiger partial charge in [0.15, 0.2) is 11.6 Å². The van der Waals surface area contributed by atoms with Crippen molar-refractivity contribution in [2.45, 2.75) is 160 Å². The number of nitrogens with zero attached hydrogens (tertiary/aromatic N) is 9. The number of Topliss-reactive ketones (excluding diaryl/α,β-unsaturated/α-hetero) is 1. The predicted molar refractivity (Wildman–Crippen MR) is 330 cm³/mol. The molecule has 462 valence electrons. The number of urea groups is 1. The van der Waals surface area contributed by atoms with E-state index in [1.54, 1.807) is 37.5 Å². The van der Waals surface area contributed by atoms with Crippen LogP contribution in [0.2, 0.25) is 0 Å². The largest absolute Gasteiger partial charge is 0.382 e. The van der Waals surface area contributed by atoms with E-state index in [-0.39, 0.29) is 83.2 Å². The Morgan fingerprint density at radius 1 is 0.761 bits per heavy atom. The lowest BCUT2D eigenvalue weighted by Crippen LogP contribution is -2.58. The van der Waals surface area contributed by atoms with Gasteiger partial charge in [0.05, 0.1) is 39.8 Å². The number of amides is 8. The van der Waals surface area contributed by atoms with Crippen LogP contribution in [-0.2, 0) is 24.6 Å². The lowest BCUT2D eigenvalue weighted by atomic mass is 9.73. The van der Waals surface area contributed by atoms with Gasteiger partial charge in [-0.25, -0.2) is 19.2 Å². The van der Waals surface area contributed by atoms with Crippen LogP contribution in [0.5, 0.6) is 0 Å². The van der Waals surface area contributed by atoms with E-state index in [1.165, 1.54) is 25.3 Å². The number of nitrogens with one attached hydrogen (secondary N) is 3. The lowest BCUT2D eigenvalue weighted by Gasteiger charge is -2.48. The molecule has 0 radical (unpaired) electrons. The Balaban J connectivity index is 0.676. The molecule has 3 N–H and O–H groups in total. The number of hydrogen-bond acceptors (Lipinski definition) is 13. The minimum atomic E-state index is -1.06. The van der Waals surface area contributed by atoms with Crippen LogP contribution in [0.4, 0.5) is 32.1 Å². The van der Waals surface area contributed by atoms with E-state index >= 15 is 9.18 Å². The fourth-order valence-corrected chi connectivity index (χ4v) is 15.3. The SMILES string of the molecule is Cc1cc(F)c(Nc2nc(-c3ccc4c(c3)N(C3CC(N5CCCCC5)C3)C(=O)C43CCN(C(=O)C4CCN(C(=O)N5CCC(Nc6cccc7c6C(=O)N(C6CCC(=O)NC6=O)C7=O)CC5)CC4)CC3)cc3ncn(C(C)C)c23)cc1C(=O)CC(C)C. The van der Waals surface area contributed by atoms with Crippen molar-refractivity contribution < 1.29 is 42.7 Å². The molecule has 21 heteroatoms. The van der Waals surface area contributed by atoms with Gasteiger partial charge in [0, 0.05) is 105 Å². The molecule has 5 aromatic rings. The number of carbonyl (C=O) groups is 8. The molecule has 1 unspecified atom stereocenters. The number of anilines is 4. The van der Waals surface area contributed by atoms with E-state index in [2.05, 4.69) is 37.9 Å². The topological polar surface area (TPSA) is 223 Å². The molecular formula is C67H79FN12O8. The molecule has 0 bridgehead atoms. The summed E-state index contributed by atoms with van der Waals surface area (Å²) in [6, 6.07) is 15.4. The van der Waals surface area contributed by atoms with Gasteiger partial charge in [0.25, 0.3) is 11.8 Å². The average Bonchev–Trinajstić information content (AvgIpc) is 1.57. The van der Waals surface area contributed by atoms with Crippen molar-refractivity contribution in [3.05, 3.63) is 94.6 Å². The van der Waals surface area contributed by atoms with Gasteiger partial charge in [-0.2, -0.15) is 0 Å². The summed E-state index contributed by atoms with van der Waals surface area (Å²) in [7, 11) is 0. The maximum absolute atomic E-state index is 16.0. The lowest BCUT2D eigenvalue weighted by molar-refractivity contribution is -0.140. The Labute approximate surface area is 511 Å². The predicted octanol–water partition coefficient (Wildman–Crippen LogP) is 9.13. The number of fused-ring (bicyclic) bond motifs is 4. The minimum absolute atomic E-state index is 0.00984. The third-order valence-corrected chi connectivity index (χ3v) is 20.3. The molecule has 8 amide bonds. The van der Waals surface area contributed by atoms with Gasteiger partial charge in [-0.1, -0.05) is 38.5 Å². The highest BCUT2D eigenvalue weighted by atomic mass is 19.1. The number of hydrogen-bond donors (Lipinski definition) is 3. The van der Waals surface area contributed by atoms with Crippen LogP contribution in [0, 0.1) is 24.6 Å². The number of benzene rings is 3. The molecule has 13 rings (SSSR count). The van der Waals surface area contributed by atoms with Crippen molar-refractivity contribution in [2.75, 3.05) is 67.9 Å². The Bertz CT molecular complexity index is 3680. The molecular weight excluding hydrogens is 1120 g/mol. The van der Waals surface area contributed by atoms with Gasteiger partial charge in [0.2, 0.25) is 23.6 Å². The number of imidazole rings is 1. The van der Waals surface area contributed by atoms with Crippen LogP contribution in [-0.4, -0.2) is 163 Å². The first kappa shape index (κ1) is 58.9. The van der Waals surface area contributed by atoms with Gasteiger partial charge in [-0.05, 0) is 158 Å². The summed E-state index contributed by atoms with van der Waals surface area (Å²) in [5.74, 6) is -2.34. The Kier molecular flexibility index (Phi) is 15.7. The van der Waals surface area contributed by atoms with E-state index in [9.17, 15) is 33.6 Å². The van der Waals surface area contributed by atoms with Crippen molar-refractivity contribution >= 4 is 81.2 Å². The molecule has 5 saturated heterocycles. The highest BCUT2D eigenvalue weighted by molar-refractivity contribution is 6.25. The normalized spacial score (nSPS) is 22.7. The number of rotatable bonds is 13. The van der Waals surface area contributed by atoms with Crippen molar-refractivity contribution in [3.63, 3.8) is 0 Å². The maximum atomic E-state index is 16.0. The van der Waals surface area contributed by atoms with Crippen LogP contribution in [0.3, 0.4) is 0 Å². The standard InChI is InChI=1S/C67H79FN12O8/c1-38(2)30-56(81)47-35-52(49(68)31-40(47)5)72-60-59-53(69-37-78(59)39(3)4)36-51(71-60)42-12-13-48-55(32-42)79(45-33-44(34-45)74-22-7-6-8-23-74)65(87)67(48)20-28-75(29-21-67)62(84)41-16-24-76(25-17-41)66(88)77-26-18-43(19-27-77)70-50-11-9-10-46-58(50)64(86)80(63(46)85)54-14-15-57(82)73-61(54)83/h9-13,31-32,35-39,41,43-45,54,70H,6-8,14-30,33-34H2,1-5H3,(H,71,72)(H,73,82,83). The number of aromatic nitrogens is 3. The molecule has 88 heavy (non-hydrogen) atoms. The van der Waals surface area contributed by atoms with E-state index in [4.69, 9.17) is 9.97 Å². The van der Waals surface area contributed by atoms with Gasteiger partial charge in [-0.15, -0.1) is 0 Å². The minimum Gasteiger partial charge on any atom is -0.382 e. The number of aryl methyl sites for hydroxylation is 1. The number of imide groups is 2. The number of ketones is 1. The molecule has 3 aromatic carbocycles. The number of likely N-dealkylation sites (tertiary alicyclic amines) is 4. The smallest absolute Gasteiger partial charge is 0.320 e. The fourth-order valence-electron chi connectivity index (χ4n) is 15.3. The molecule has 7 aliphatic heterocycles. The molecule has 1 atom stereocenters. The van der Waals surface area contributed by atoms with Crippen molar-refractivity contribution in [1.82, 2.24) is 44.4 Å². The van der Waals surface area contributed by atoms with Crippen molar-refractivity contribution in [2.24, 2.45) is 11.8 Å². The zero-order valence-electron chi connectivity index (χ0n) is 51.0. The highest BCUT2D eigenvalue weighted by Gasteiger charge is 2.56. The highest BCUT2D eigenvalue weighted by Crippen LogP contribution is 2.53. The second-order valence-corrected chi connectivity index (χ2v) is 26.6. The Morgan fingerprint density at radius 3 is 2.17 bits per heavy atom. The second-order valence-electron chi connectivity index (χ2n) is 26.6. The summed E-state index contributed by atoms with van der Waals surface area (Å²) >= 11 is 0. The molecule has 6 fully saturated rings. The van der Waals surface area contributed by atoms with Crippen LogP contribution in [0.1, 0.15) is 166 Å². The molecule has 1 saturated carbocycles. The van der Waals surface area contributed by atoms with E-state index < -0.39 is 40.9 Å². The quantitative estimate of drug-likeness (QED) is 0.0740. The fraction of sp³-hybridized carbons (Fsp3) is 0.522. The molecule has 1 spiro atoms. The van der Waals surface area contributed by atoms with Gasteiger partial charge in [0.1, 0.15) is 17.4 Å². The molecule has 2 aromatic heterocycles. The molecule has 20 nitrogen and oxygen atoms in total. The Hall–Kier alpha value is -8.07. The number of pyridine rings is 1. The molecule has 9 heterocycles. The number of halogens is 1. The van der Waals surface area contributed by atoms with E-state index in [1.807, 2.05) is 59.1 Å². The summed E-state index contributed by atoms with van der Waals surface area (Å²) in [6.07, 6.45) is 10.9. The van der Waals surface area contributed by atoms with Gasteiger partial charge < -0.3 is 39.7 Å². The van der Waals surface area contributed by atoms with Crippen LogP contribution in [0.15, 0.2) is 60.9 Å². The summed E-state index contributed by atoms with van der Waals surface area (Å²) < 4.78 is 18.0. The monoisotopic (exact) mass is 1200 g/mol. The maximum Gasteiger partial charge on any atom is 0.320 e. The first-order valence-corrected chi connectivity index (χ1v) is 32.0. The second kappa shape index (κ2) is 23.5. The third kappa shape index (κ3) is 10.6. The first-order valence-electron chi connectivity index (χ1n) is 32.0. The average molecular weight is 1200 g/mol. The van der Waals surface area contributed by atoms with Crippen LogP contribution in [0.25, 0.3) is 22.3 Å². The van der Waals surface area contributed by atoms with Gasteiger partial charge in [-0.3, -0.25) is 43.8 Å². The van der Waals surface area contributed by atoms with Gasteiger partial charge >= 0.3 is 6.03 Å². The summed E-state index contributed by atoms with van der Waals surface area (Å²) in [5, 5.41) is 8.99. The Morgan fingerprint density at radius 2 is 1.48 bits per heavy atom. The molecule has 1 aliphatic carbocycles. The summed E-state index contributed by atoms with van der Waals surface area (Å²) in [4.78, 5) is 130. The molecule has 8 aliphatic rings. The number of piperidine rings is 5.